The fraction of sp³-hybridized carbons (Fsp3) is 0.786. The molecule has 1 heterocycles. The molecule has 2 nitrogen and oxygen atoms in total. The van der Waals surface area contributed by atoms with Gasteiger partial charge in [-0.2, -0.15) is 0 Å². The van der Waals surface area contributed by atoms with Gasteiger partial charge in [0.15, 0.2) is 0 Å². The molecule has 2 heteroatoms. The van der Waals surface area contributed by atoms with Gasteiger partial charge in [-0.05, 0) is 61.7 Å². The van der Waals surface area contributed by atoms with Crippen molar-refractivity contribution in [2.45, 2.75) is 44.9 Å². The number of imidazole rings is 1. The maximum atomic E-state index is 4.44. The highest BCUT2D eigenvalue weighted by Gasteiger charge is 2.50. The first-order valence-corrected chi connectivity index (χ1v) is 6.80. The van der Waals surface area contributed by atoms with E-state index < -0.39 is 0 Å². The van der Waals surface area contributed by atoms with Crippen molar-refractivity contribution in [2.75, 3.05) is 0 Å². The second-order valence-electron chi connectivity index (χ2n) is 6.63. The molecule has 5 rings (SSSR count). The molecule has 0 unspecified atom stereocenters. The highest BCUT2D eigenvalue weighted by atomic mass is 14.9. The lowest BCUT2D eigenvalue weighted by atomic mass is 9.49. The van der Waals surface area contributed by atoms with Crippen LogP contribution in [0.15, 0.2) is 12.4 Å². The molecule has 4 fully saturated rings. The fourth-order valence-electron chi connectivity index (χ4n) is 5.26. The average molecular weight is 216 g/mol. The Labute approximate surface area is 96.9 Å². The SMILES string of the molecule is c1c[nH]c(CC23CC4CC(CC(C4)C2)C3)n1. The minimum Gasteiger partial charge on any atom is -0.349 e. The van der Waals surface area contributed by atoms with Gasteiger partial charge < -0.3 is 4.98 Å². The zero-order chi connectivity index (χ0) is 10.6. The fourth-order valence-corrected chi connectivity index (χ4v) is 5.26. The number of aromatic amines is 1. The van der Waals surface area contributed by atoms with Gasteiger partial charge in [0, 0.05) is 18.8 Å². The number of hydrogen-bond acceptors (Lipinski definition) is 1. The summed E-state index contributed by atoms with van der Waals surface area (Å²) in [4.78, 5) is 7.74. The molecular weight excluding hydrogens is 196 g/mol. The van der Waals surface area contributed by atoms with Crippen molar-refractivity contribution in [1.82, 2.24) is 9.97 Å². The van der Waals surface area contributed by atoms with Gasteiger partial charge in [0.1, 0.15) is 5.82 Å². The van der Waals surface area contributed by atoms with Crippen LogP contribution in [0.5, 0.6) is 0 Å². The summed E-state index contributed by atoms with van der Waals surface area (Å²) in [5, 5.41) is 0. The summed E-state index contributed by atoms with van der Waals surface area (Å²) in [6, 6.07) is 0. The van der Waals surface area contributed by atoms with Crippen molar-refractivity contribution in [3.05, 3.63) is 18.2 Å². The second-order valence-corrected chi connectivity index (χ2v) is 6.63. The third kappa shape index (κ3) is 1.35. The molecular formula is C14H20N2. The van der Waals surface area contributed by atoms with E-state index >= 15 is 0 Å². The smallest absolute Gasteiger partial charge is 0.106 e. The molecule has 86 valence electrons. The Balaban J connectivity index is 1.62. The Kier molecular flexibility index (Phi) is 1.80. The molecule has 0 spiro atoms. The molecule has 1 aromatic heterocycles. The van der Waals surface area contributed by atoms with E-state index in [1.165, 1.54) is 50.8 Å². The Hall–Kier alpha value is -0.790. The number of hydrogen-bond donors (Lipinski definition) is 1. The lowest BCUT2D eigenvalue weighted by Crippen LogP contribution is -2.47. The van der Waals surface area contributed by atoms with Crippen molar-refractivity contribution >= 4 is 0 Å². The number of H-pyrrole nitrogens is 1. The first-order chi connectivity index (χ1) is 7.81. The molecule has 0 radical (unpaired) electrons. The van der Waals surface area contributed by atoms with Crippen LogP contribution in [0.25, 0.3) is 0 Å². The summed E-state index contributed by atoms with van der Waals surface area (Å²) in [7, 11) is 0. The molecule has 0 amide bonds. The van der Waals surface area contributed by atoms with E-state index in [4.69, 9.17) is 0 Å². The summed E-state index contributed by atoms with van der Waals surface area (Å²) in [6.07, 6.45) is 14.2. The third-order valence-corrected chi connectivity index (χ3v) is 5.26. The van der Waals surface area contributed by atoms with Crippen LogP contribution in [0.3, 0.4) is 0 Å². The van der Waals surface area contributed by atoms with E-state index in [2.05, 4.69) is 9.97 Å². The first kappa shape index (κ1) is 9.26. The van der Waals surface area contributed by atoms with E-state index in [9.17, 15) is 0 Å². The van der Waals surface area contributed by atoms with E-state index in [0.717, 1.165) is 17.8 Å². The van der Waals surface area contributed by atoms with Crippen LogP contribution in [0, 0.1) is 23.2 Å². The number of rotatable bonds is 2. The van der Waals surface area contributed by atoms with Gasteiger partial charge in [0.25, 0.3) is 0 Å². The van der Waals surface area contributed by atoms with Crippen LogP contribution in [-0.4, -0.2) is 9.97 Å². The topological polar surface area (TPSA) is 28.7 Å². The Morgan fingerprint density at radius 2 is 1.75 bits per heavy atom. The van der Waals surface area contributed by atoms with Crippen LogP contribution >= 0.6 is 0 Å². The van der Waals surface area contributed by atoms with E-state index in [1.807, 2.05) is 12.4 Å². The Morgan fingerprint density at radius 3 is 2.25 bits per heavy atom. The van der Waals surface area contributed by atoms with Crippen LogP contribution < -0.4 is 0 Å². The summed E-state index contributed by atoms with van der Waals surface area (Å²) in [5.41, 5.74) is 0.632. The second kappa shape index (κ2) is 3.12. The molecule has 0 saturated heterocycles. The van der Waals surface area contributed by atoms with Crippen molar-refractivity contribution in [1.29, 1.82) is 0 Å². The number of nitrogens with zero attached hydrogens (tertiary/aromatic N) is 1. The van der Waals surface area contributed by atoms with Crippen LogP contribution in [0.1, 0.15) is 44.3 Å². The highest BCUT2D eigenvalue weighted by molar-refractivity contribution is 5.05. The Bertz CT molecular complexity index is 344. The lowest BCUT2D eigenvalue weighted by molar-refractivity contribution is -0.0530. The van der Waals surface area contributed by atoms with Crippen LogP contribution in [0.2, 0.25) is 0 Å². The molecule has 1 N–H and O–H groups in total. The number of nitrogens with one attached hydrogen (secondary N) is 1. The zero-order valence-electron chi connectivity index (χ0n) is 9.78. The molecule has 0 aromatic carbocycles. The summed E-state index contributed by atoms with van der Waals surface area (Å²) >= 11 is 0. The molecule has 4 bridgehead atoms. The van der Waals surface area contributed by atoms with Gasteiger partial charge in [0.05, 0.1) is 0 Å². The minimum atomic E-state index is 0.632. The Morgan fingerprint density at radius 1 is 1.12 bits per heavy atom. The van der Waals surface area contributed by atoms with Gasteiger partial charge in [-0.15, -0.1) is 0 Å². The zero-order valence-corrected chi connectivity index (χ0v) is 9.78. The van der Waals surface area contributed by atoms with Gasteiger partial charge in [-0.1, -0.05) is 0 Å². The maximum Gasteiger partial charge on any atom is 0.106 e. The standard InChI is InChI=1S/C14H20N2/c1-2-16-13(15-1)9-14-6-10-3-11(7-14)5-12(4-10)8-14/h1-2,10-12H,3-9H2,(H,15,16). The van der Waals surface area contributed by atoms with Gasteiger partial charge in [0.2, 0.25) is 0 Å². The lowest BCUT2D eigenvalue weighted by Gasteiger charge is -2.56. The molecule has 1 aromatic rings. The average Bonchev–Trinajstić information content (AvgIpc) is 2.66. The molecule has 4 aliphatic carbocycles. The van der Waals surface area contributed by atoms with Crippen molar-refractivity contribution in [2.24, 2.45) is 23.2 Å². The van der Waals surface area contributed by atoms with Crippen LogP contribution in [0.4, 0.5) is 0 Å². The monoisotopic (exact) mass is 216 g/mol. The minimum absolute atomic E-state index is 0.632. The number of aromatic nitrogens is 2. The molecule has 4 saturated carbocycles. The third-order valence-electron chi connectivity index (χ3n) is 5.26. The predicted molar refractivity (Wildman–Crippen MR) is 62.9 cm³/mol. The van der Waals surface area contributed by atoms with Gasteiger partial charge >= 0.3 is 0 Å². The van der Waals surface area contributed by atoms with Crippen molar-refractivity contribution < 1.29 is 0 Å². The van der Waals surface area contributed by atoms with Gasteiger partial charge in [-0.3, -0.25) is 0 Å². The van der Waals surface area contributed by atoms with E-state index in [1.54, 1.807) is 0 Å². The summed E-state index contributed by atoms with van der Waals surface area (Å²) < 4.78 is 0. The van der Waals surface area contributed by atoms with Crippen molar-refractivity contribution in [3.63, 3.8) is 0 Å². The largest absolute Gasteiger partial charge is 0.349 e. The first-order valence-electron chi connectivity index (χ1n) is 6.80. The van der Waals surface area contributed by atoms with Crippen molar-refractivity contribution in [3.8, 4) is 0 Å². The summed E-state index contributed by atoms with van der Waals surface area (Å²) in [6.45, 7) is 0. The van der Waals surface area contributed by atoms with E-state index in [-0.39, 0.29) is 0 Å². The highest BCUT2D eigenvalue weighted by Crippen LogP contribution is 2.60. The molecule has 4 aliphatic rings. The van der Waals surface area contributed by atoms with Gasteiger partial charge in [-0.25, -0.2) is 4.98 Å². The summed E-state index contributed by atoms with van der Waals surface area (Å²) in [5.74, 6) is 4.39. The molecule has 0 aliphatic heterocycles. The van der Waals surface area contributed by atoms with Crippen LogP contribution in [-0.2, 0) is 6.42 Å². The predicted octanol–water partition coefficient (Wildman–Crippen LogP) is 3.17. The van der Waals surface area contributed by atoms with E-state index in [0.29, 0.717) is 5.41 Å². The normalized spacial score (nSPS) is 45.1. The molecule has 16 heavy (non-hydrogen) atoms. The molecule has 0 atom stereocenters. The maximum absolute atomic E-state index is 4.44. The quantitative estimate of drug-likeness (QED) is 0.808.